The van der Waals surface area contributed by atoms with Crippen LogP contribution in [-0.4, -0.2) is 12.6 Å². The first-order chi connectivity index (χ1) is 10.5. The van der Waals surface area contributed by atoms with Gasteiger partial charge in [-0.1, -0.05) is 30.3 Å². The Hall–Kier alpha value is -2.17. The smallest absolute Gasteiger partial charge is 0.419 e. The van der Waals surface area contributed by atoms with Crippen LogP contribution in [-0.2, 0) is 12.6 Å². The Bertz CT molecular complexity index is 654. The van der Waals surface area contributed by atoms with Gasteiger partial charge in [-0.25, -0.2) is 0 Å². The number of anilines is 1. The Kier molecular flexibility index (Phi) is 3.96. The summed E-state index contributed by atoms with van der Waals surface area (Å²) in [7, 11) is 0. The molecule has 0 spiro atoms. The van der Waals surface area contributed by atoms with Crippen LogP contribution < -0.4 is 10.1 Å². The number of aryl methyl sites for hydroxylation is 1. The van der Waals surface area contributed by atoms with Crippen LogP contribution in [0.15, 0.2) is 48.5 Å². The standard InChI is InChI=1S/C17H16F3NO/c18-17(19,20)14-6-2-4-8-16(14)22-11-13-10-9-12-5-1-3-7-15(12)21-13/h1-8,13,21H,9-11H2. The summed E-state index contributed by atoms with van der Waals surface area (Å²) in [5, 5.41) is 3.32. The van der Waals surface area contributed by atoms with E-state index in [1.165, 1.54) is 17.7 Å². The van der Waals surface area contributed by atoms with Gasteiger partial charge in [0, 0.05) is 5.69 Å². The van der Waals surface area contributed by atoms with Gasteiger partial charge in [-0.3, -0.25) is 0 Å². The summed E-state index contributed by atoms with van der Waals surface area (Å²) >= 11 is 0. The second kappa shape index (κ2) is 5.91. The number of benzene rings is 2. The summed E-state index contributed by atoms with van der Waals surface area (Å²) in [5.41, 5.74) is 1.53. The molecule has 0 aromatic heterocycles. The summed E-state index contributed by atoms with van der Waals surface area (Å²) in [4.78, 5) is 0. The molecule has 0 radical (unpaired) electrons. The number of nitrogens with one attached hydrogen (secondary N) is 1. The molecule has 0 saturated carbocycles. The molecule has 22 heavy (non-hydrogen) atoms. The lowest BCUT2D eigenvalue weighted by Crippen LogP contribution is -2.31. The zero-order chi connectivity index (χ0) is 15.6. The van der Waals surface area contributed by atoms with E-state index in [4.69, 9.17) is 4.74 Å². The van der Waals surface area contributed by atoms with Crippen LogP contribution in [0.25, 0.3) is 0 Å². The third-order valence-corrected chi connectivity index (χ3v) is 3.77. The van der Waals surface area contributed by atoms with E-state index in [0.29, 0.717) is 0 Å². The summed E-state index contributed by atoms with van der Waals surface area (Å²) in [6, 6.07) is 13.3. The first-order valence-electron chi connectivity index (χ1n) is 7.17. The molecule has 1 N–H and O–H groups in total. The van der Waals surface area contributed by atoms with E-state index in [0.717, 1.165) is 24.6 Å². The first kappa shape index (κ1) is 14.8. The van der Waals surface area contributed by atoms with Crippen LogP contribution in [0.5, 0.6) is 5.75 Å². The maximum Gasteiger partial charge on any atom is 0.419 e. The van der Waals surface area contributed by atoms with Crippen molar-refractivity contribution in [3.8, 4) is 5.75 Å². The predicted octanol–water partition coefficient (Wildman–Crippen LogP) is 4.51. The maximum absolute atomic E-state index is 12.9. The lowest BCUT2D eigenvalue weighted by molar-refractivity contribution is -0.139. The fraction of sp³-hybridized carbons (Fsp3) is 0.294. The van der Waals surface area contributed by atoms with Gasteiger partial charge in [0.05, 0.1) is 11.6 Å². The summed E-state index contributed by atoms with van der Waals surface area (Å²) in [6.45, 7) is 0.210. The topological polar surface area (TPSA) is 21.3 Å². The molecule has 1 aliphatic heterocycles. The molecule has 3 rings (SSSR count). The number of hydrogen-bond acceptors (Lipinski definition) is 2. The van der Waals surface area contributed by atoms with E-state index in [1.54, 1.807) is 6.07 Å². The maximum atomic E-state index is 12.9. The molecule has 1 atom stereocenters. The Labute approximate surface area is 126 Å². The minimum absolute atomic E-state index is 0.0104. The Morgan fingerprint density at radius 1 is 1.05 bits per heavy atom. The summed E-state index contributed by atoms with van der Waals surface area (Å²) < 4.78 is 44.2. The second-order valence-electron chi connectivity index (χ2n) is 5.34. The van der Waals surface area contributed by atoms with Crippen LogP contribution in [0.4, 0.5) is 18.9 Å². The number of rotatable bonds is 3. The molecular formula is C17H16F3NO. The van der Waals surface area contributed by atoms with Crippen molar-refractivity contribution in [1.29, 1.82) is 0 Å². The number of fused-ring (bicyclic) bond motifs is 1. The minimum Gasteiger partial charge on any atom is -0.491 e. The van der Waals surface area contributed by atoms with Crippen molar-refractivity contribution in [3.63, 3.8) is 0 Å². The van der Waals surface area contributed by atoms with Gasteiger partial charge in [-0.05, 0) is 36.6 Å². The van der Waals surface area contributed by atoms with Gasteiger partial charge in [0.25, 0.3) is 0 Å². The molecule has 2 aromatic rings. The average molecular weight is 307 g/mol. The molecule has 0 fully saturated rings. The van der Waals surface area contributed by atoms with Crippen molar-refractivity contribution < 1.29 is 17.9 Å². The van der Waals surface area contributed by atoms with Crippen LogP contribution in [0.3, 0.4) is 0 Å². The number of para-hydroxylation sites is 2. The van der Waals surface area contributed by atoms with Gasteiger partial charge in [0.1, 0.15) is 12.4 Å². The SMILES string of the molecule is FC(F)(F)c1ccccc1OCC1CCc2ccccc2N1. The van der Waals surface area contributed by atoms with E-state index >= 15 is 0 Å². The lowest BCUT2D eigenvalue weighted by atomic mass is 9.99. The minimum atomic E-state index is -4.40. The van der Waals surface area contributed by atoms with Crippen molar-refractivity contribution in [2.75, 3.05) is 11.9 Å². The normalized spacial score (nSPS) is 17.5. The zero-order valence-electron chi connectivity index (χ0n) is 11.9. The highest BCUT2D eigenvalue weighted by Crippen LogP contribution is 2.36. The predicted molar refractivity (Wildman–Crippen MR) is 79.1 cm³/mol. The first-order valence-corrected chi connectivity index (χ1v) is 7.17. The van der Waals surface area contributed by atoms with Crippen molar-refractivity contribution in [3.05, 3.63) is 59.7 Å². The van der Waals surface area contributed by atoms with E-state index in [-0.39, 0.29) is 18.4 Å². The Morgan fingerprint density at radius 3 is 2.59 bits per heavy atom. The van der Waals surface area contributed by atoms with Crippen molar-refractivity contribution >= 4 is 5.69 Å². The molecule has 1 aliphatic rings. The summed E-state index contributed by atoms with van der Waals surface area (Å²) in [6.07, 6.45) is -2.66. The van der Waals surface area contributed by atoms with Gasteiger partial charge >= 0.3 is 6.18 Å². The highest BCUT2D eigenvalue weighted by atomic mass is 19.4. The van der Waals surface area contributed by atoms with E-state index in [9.17, 15) is 13.2 Å². The zero-order valence-corrected chi connectivity index (χ0v) is 11.9. The van der Waals surface area contributed by atoms with Gasteiger partial charge in [-0.2, -0.15) is 13.2 Å². The number of hydrogen-bond donors (Lipinski definition) is 1. The van der Waals surface area contributed by atoms with E-state index < -0.39 is 11.7 Å². The quantitative estimate of drug-likeness (QED) is 0.900. The van der Waals surface area contributed by atoms with Crippen LogP contribution in [0.2, 0.25) is 0 Å². The monoisotopic (exact) mass is 307 g/mol. The molecule has 0 aliphatic carbocycles. The van der Waals surface area contributed by atoms with Crippen LogP contribution in [0.1, 0.15) is 17.5 Å². The number of alkyl halides is 3. The fourth-order valence-electron chi connectivity index (χ4n) is 2.64. The molecule has 1 unspecified atom stereocenters. The van der Waals surface area contributed by atoms with Crippen molar-refractivity contribution in [2.24, 2.45) is 0 Å². The molecule has 0 saturated heterocycles. The van der Waals surface area contributed by atoms with Gasteiger partial charge in [0.2, 0.25) is 0 Å². The lowest BCUT2D eigenvalue weighted by Gasteiger charge is -2.27. The van der Waals surface area contributed by atoms with E-state index in [2.05, 4.69) is 11.4 Å². The molecule has 5 heteroatoms. The highest BCUT2D eigenvalue weighted by Gasteiger charge is 2.34. The Balaban J connectivity index is 1.67. The Morgan fingerprint density at radius 2 is 1.77 bits per heavy atom. The van der Waals surface area contributed by atoms with E-state index in [1.807, 2.05) is 18.2 Å². The van der Waals surface area contributed by atoms with Crippen molar-refractivity contribution in [2.45, 2.75) is 25.1 Å². The fourth-order valence-corrected chi connectivity index (χ4v) is 2.64. The third-order valence-electron chi connectivity index (χ3n) is 3.77. The van der Waals surface area contributed by atoms with Crippen LogP contribution >= 0.6 is 0 Å². The molecule has 0 amide bonds. The molecule has 0 bridgehead atoms. The highest BCUT2D eigenvalue weighted by molar-refractivity contribution is 5.53. The second-order valence-corrected chi connectivity index (χ2v) is 5.34. The van der Waals surface area contributed by atoms with Gasteiger partial charge < -0.3 is 10.1 Å². The van der Waals surface area contributed by atoms with Crippen molar-refractivity contribution in [1.82, 2.24) is 0 Å². The molecule has 2 aromatic carbocycles. The molecule has 1 heterocycles. The number of ether oxygens (including phenoxy) is 1. The van der Waals surface area contributed by atoms with Crippen LogP contribution in [0, 0.1) is 0 Å². The number of halogens is 3. The molecular weight excluding hydrogens is 291 g/mol. The average Bonchev–Trinajstić information content (AvgIpc) is 2.52. The molecule has 2 nitrogen and oxygen atoms in total. The summed E-state index contributed by atoms with van der Waals surface area (Å²) in [5.74, 6) is -0.115. The largest absolute Gasteiger partial charge is 0.491 e. The van der Waals surface area contributed by atoms with Gasteiger partial charge in [0.15, 0.2) is 0 Å². The third kappa shape index (κ3) is 3.18. The van der Waals surface area contributed by atoms with Gasteiger partial charge in [-0.15, -0.1) is 0 Å². The molecule has 116 valence electrons.